The summed E-state index contributed by atoms with van der Waals surface area (Å²) in [7, 11) is 0. The Morgan fingerprint density at radius 2 is 2.07 bits per heavy atom. The van der Waals surface area contributed by atoms with Crippen molar-refractivity contribution >= 4 is 11.4 Å². The van der Waals surface area contributed by atoms with Gasteiger partial charge in [0.25, 0.3) is 0 Å². The van der Waals surface area contributed by atoms with Crippen LogP contribution in [0.1, 0.15) is 26.7 Å². The van der Waals surface area contributed by atoms with Gasteiger partial charge in [0.05, 0.1) is 11.4 Å². The van der Waals surface area contributed by atoms with Crippen LogP contribution in [0.25, 0.3) is 0 Å². The third kappa shape index (κ3) is 3.08. The van der Waals surface area contributed by atoms with E-state index in [1.54, 1.807) is 0 Å². The summed E-state index contributed by atoms with van der Waals surface area (Å²) in [6.07, 6.45) is 1.91. The molecule has 0 saturated carbocycles. The van der Waals surface area contributed by atoms with Crippen LogP contribution in [0.3, 0.4) is 0 Å². The summed E-state index contributed by atoms with van der Waals surface area (Å²) in [4.78, 5) is 0. The highest BCUT2D eigenvalue weighted by atomic mass is 19.1. The van der Waals surface area contributed by atoms with E-state index in [4.69, 9.17) is 5.73 Å². The van der Waals surface area contributed by atoms with E-state index >= 15 is 0 Å². The zero-order valence-corrected chi connectivity index (χ0v) is 8.98. The molecule has 0 aliphatic rings. The maximum atomic E-state index is 13.3. The van der Waals surface area contributed by atoms with E-state index in [-0.39, 0.29) is 17.4 Å². The first-order chi connectivity index (χ1) is 7.04. The highest BCUT2D eigenvalue weighted by molar-refractivity contribution is 5.67. The molecule has 0 amide bonds. The molecular formula is C11H16F2N2. The Kier molecular flexibility index (Phi) is 3.88. The quantitative estimate of drug-likeness (QED) is 0.755. The lowest BCUT2D eigenvalue weighted by atomic mass is 10.1. The van der Waals surface area contributed by atoms with Crippen molar-refractivity contribution in [3.8, 4) is 0 Å². The van der Waals surface area contributed by atoms with Gasteiger partial charge in [-0.3, -0.25) is 0 Å². The second-order valence-electron chi connectivity index (χ2n) is 3.69. The number of hydrogen-bond donors (Lipinski definition) is 2. The van der Waals surface area contributed by atoms with Gasteiger partial charge < -0.3 is 11.1 Å². The van der Waals surface area contributed by atoms with Gasteiger partial charge in [0.2, 0.25) is 0 Å². The van der Waals surface area contributed by atoms with E-state index < -0.39 is 11.6 Å². The van der Waals surface area contributed by atoms with E-state index in [2.05, 4.69) is 5.32 Å². The summed E-state index contributed by atoms with van der Waals surface area (Å²) in [5.74, 6) is -1.30. The fraction of sp³-hybridized carbons (Fsp3) is 0.455. The second-order valence-corrected chi connectivity index (χ2v) is 3.69. The van der Waals surface area contributed by atoms with Crippen LogP contribution in [0.2, 0.25) is 0 Å². The Morgan fingerprint density at radius 1 is 1.40 bits per heavy atom. The summed E-state index contributed by atoms with van der Waals surface area (Å²) in [6.45, 7) is 3.98. The zero-order valence-electron chi connectivity index (χ0n) is 8.98. The number of nitrogens with one attached hydrogen (secondary N) is 1. The summed E-state index contributed by atoms with van der Waals surface area (Å²) in [6, 6.07) is 2.07. The number of nitrogen functional groups attached to an aromatic ring is 1. The summed E-state index contributed by atoms with van der Waals surface area (Å²) in [5, 5.41) is 2.94. The fourth-order valence-corrected chi connectivity index (χ4v) is 1.50. The van der Waals surface area contributed by atoms with Crippen LogP contribution < -0.4 is 11.1 Å². The Hall–Kier alpha value is -1.32. The normalized spacial score (nSPS) is 12.5. The summed E-state index contributed by atoms with van der Waals surface area (Å²) in [5.41, 5.74) is 5.82. The average molecular weight is 214 g/mol. The van der Waals surface area contributed by atoms with E-state index in [0.29, 0.717) is 0 Å². The molecule has 2 nitrogen and oxygen atoms in total. The van der Waals surface area contributed by atoms with Crippen molar-refractivity contribution in [1.82, 2.24) is 0 Å². The Balaban J connectivity index is 2.85. The summed E-state index contributed by atoms with van der Waals surface area (Å²) < 4.78 is 26.1. The third-order valence-electron chi connectivity index (χ3n) is 2.20. The van der Waals surface area contributed by atoms with E-state index in [1.807, 2.05) is 13.8 Å². The maximum Gasteiger partial charge on any atom is 0.151 e. The minimum absolute atomic E-state index is 0.107. The number of nitrogens with two attached hydrogens (primary N) is 1. The molecule has 3 N–H and O–H groups in total. The molecule has 84 valence electrons. The Labute approximate surface area is 88.5 Å². The van der Waals surface area contributed by atoms with Crippen molar-refractivity contribution < 1.29 is 8.78 Å². The van der Waals surface area contributed by atoms with Gasteiger partial charge in [-0.2, -0.15) is 0 Å². The monoisotopic (exact) mass is 214 g/mol. The predicted octanol–water partition coefficient (Wildman–Crippen LogP) is 3.15. The maximum absolute atomic E-state index is 13.3. The van der Waals surface area contributed by atoms with Gasteiger partial charge in [0.1, 0.15) is 5.82 Å². The van der Waals surface area contributed by atoms with E-state index in [0.717, 1.165) is 25.0 Å². The van der Waals surface area contributed by atoms with Crippen molar-refractivity contribution in [1.29, 1.82) is 0 Å². The number of anilines is 2. The molecule has 0 aromatic heterocycles. The van der Waals surface area contributed by atoms with Gasteiger partial charge in [0, 0.05) is 12.1 Å². The van der Waals surface area contributed by atoms with Gasteiger partial charge in [-0.25, -0.2) is 8.78 Å². The Morgan fingerprint density at radius 3 is 2.60 bits per heavy atom. The van der Waals surface area contributed by atoms with Crippen LogP contribution in [-0.2, 0) is 0 Å². The molecule has 15 heavy (non-hydrogen) atoms. The van der Waals surface area contributed by atoms with Gasteiger partial charge >= 0.3 is 0 Å². The van der Waals surface area contributed by atoms with E-state index in [1.165, 1.54) is 0 Å². The zero-order chi connectivity index (χ0) is 11.4. The topological polar surface area (TPSA) is 38.0 Å². The molecule has 4 heteroatoms. The van der Waals surface area contributed by atoms with Gasteiger partial charge in [-0.05, 0) is 19.4 Å². The van der Waals surface area contributed by atoms with Crippen molar-refractivity contribution in [2.75, 3.05) is 11.1 Å². The van der Waals surface area contributed by atoms with Crippen molar-refractivity contribution in [3.05, 3.63) is 23.8 Å². The minimum Gasteiger partial charge on any atom is -0.397 e. The molecule has 0 spiro atoms. The molecule has 0 radical (unpaired) electrons. The highest BCUT2D eigenvalue weighted by Gasteiger charge is 2.11. The van der Waals surface area contributed by atoms with Crippen LogP contribution in [0.15, 0.2) is 12.1 Å². The van der Waals surface area contributed by atoms with Crippen molar-refractivity contribution in [2.45, 2.75) is 32.7 Å². The standard InChI is InChI=1S/C11H16F2N2/c1-3-4-7(2)15-11-9(13)5-8(12)6-10(11)14/h5-7,15H,3-4,14H2,1-2H3. The van der Waals surface area contributed by atoms with Crippen molar-refractivity contribution in [2.24, 2.45) is 0 Å². The lowest BCUT2D eigenvalue weighted by Crippen LogP contribution is -2.17. The smallest absolute Gasteiger partial charge is 0.151 e. The van der Waals surface area contributed by atoms with Crippen LogP contribution in [0.4, 0.5) is 20.2 Å². The molecule has 0 fully saturated rings. The second kappa shape index (κ2) is 4.96. The molecule has 1 rings (SSSR count). The molecule has 0 saturated heterocycles. The Bertz CT molecular complexity index is 316. The summed E-state index contributed by atoms with van der Waals surface area (Å²) >= 11 is 0. The van der Waals surface area contributed by atoms with Crippen LogP contribution in [0, 0.1) is 11.6 Å². The fourth-order valence-electron chi connectivity index (χ4n) is 1.50. The molecule has 1 aromatic carbocycles. The lowest BCUT2D eigenvalue weighted by Gasteiger charge is -2.16. The number of halogens is 2. The van der Waals surface area contributed by atoms with Crippen LogP contribution >= 0.6 is 0 Å². The number of benzene rings is 1. The minimum atomic E-state index is -0.654. The molecule has 0 heterocycles. The number of rotatable bonds is 4. The first-order valence-electron chi connectivity index (χ1n) is 5.05. The van der Waals surface area contributed by atoms with E-state index in [9.17, 15) is 8.78 Å². The first kappa shape index (κ1) is 11.8. The molecule has 0 bridgehead atoms. The first-order valence-corrected chi connectivity index (χ1v) is 5.05. The predicted molar refractivity (Wildman–Crippen MR) is 58.8 cm³/mol. The molecular weight excluding hydrogens is 198 g/mol. The third-order valence-corrected chi connectivity index (χ3v) is 2.20. The average Bonchev–Trinajstić information content (AvgIpc) is 2.11. The lowest BCUT2D eigenvalue weighted by molar-refractivity contribution is 0.582. The SMILES string of the molecule is CCCC(C)Nc1c(N)cc(F)cc1F. The number of hydrogen-bond acceptors (Lipinski definition) is 2. The molecule has 1 atom stereocenters. The highest BCUT2D eigenvalue weighted by Crippen LogP contribution is 2.24. The van der Waals surface area contributed by atoms with Crippen LogP contribution in [0.5, 0.6) is 0 Å². The molecule has 0 aliphatic carbocycles. The largest absolute Gasteiger partial charge is 0.397 e. The molecule has 1 unspecified atom stereocenters. The van der Waals surface area contributed by atoms with Crippen LogP contribution in [-0.4, -0.2) is 6.04 Å². The van der Waals surface area contributed by atoms with Gasteiger partial charge in [-0.1, -0.05) is 13.3 Å². The van der Waals surface area contributed by atoms with Gasteiger partial charge in [-0.15, -0.1) is 0 Å². The molecule has 0 aliphatic heterocycles. The molecule has 1 aromatic rings. The van der Waals surface area contributed by atoms with Crippen molar-refractivity contribution in [3.63, 3.8) is 0 Å². The van der Waals surface area contributed by atoms with Gasteiger partial charge in [0.15, 0.2) is 5.82 Å².